The number of benzene rings is 3. The number of nitrogens with two attached hydrogens (primary N) is 1. The maximum absolute atomic E-state index is 5.97. The fourth-order valence-electron chi connectivity index (χ4n) is 3.27. The molecule has 3 rings (SSSR count). The summed E-state index contributed by atoms with van der Waals surface area (Å²) in [6.07, 6.45) is 2.88. The Balaban J connectivity index is 0.000000850. The van der Waals surface area contributed by atoms with Crippen molar-refractivity contribution in [3.8, 4) is 5.75 Å². The van der Waals surface area contributed by atoms with E-state index in [-0.39, 0.29) is 5.41 Å². The van der Waals surface area contributed by atoms with E-state index in [1.54, 1.807) is 0 Å². The van der Waals surface area contributed by atoms with Crippen LogP contribution in [0.1, 0.15) is 56.9 Å². The molecule has 0 unspecified atom stereocenters. The van der Waals surface area contributed by atoms with E-state index in [1.807, 2.05) is 49.3 Å². The summed E-state index contributed by atoms with van der Waals surface area (Å²) in [5, 5.41) is 1.87. The number of nitrogens with zero attached hydrogens (tertiary/aromatic N) is 1. The number of para-hydroxylation sites is 2. The first kappa shape index (κ1) is 32.7. The molecule has 0 saturated carbocycles. The molecule has 0 heterocycles. The molecule has 0 aromatic heterocycles. The van der Waals surface area contributed by atoms with E-state index in [0.29, 0.717) is 24.5 Å². The van der Waals surface area contributed by atoms with Gasteiger partial charge in [-0.2, -0.15) is 0 Å². The summed E-state index contributed by atoms with van der Waals surface area (Å²) in [4.78, 5) is 5.97. The van der Waals surface area contributed by atoms with Crippen molar-refractivity contribution in [1.82, 2.24) is 5.06 Å². The van der Waals surface area contributed by atoms with Gasteiger partial charge in [-0.15, -0.1) is 24.8 Å². The zero-order chi connectivity index (χ0) is 27.6. The van der Waals surface area contributed by atoms with Crippen LogP contribution in [0.25, 0.3) is 0 Å². The molecule has 0 aliphatic rings. The summed E-state index contributed by atoms with van der Waals surface area (Å²) >= 11 is 0. The maximum atomic E-state index is 5.97. The van der Waals surface area contributed by atoms with Crippen molar-refractivity contribution in [2.45, 2.75) is 61.4 Å². The van der Waals surface area contributed by atoms with Gasteiger partial charge in [-0.25, -0.2) is 0 Å². The van der Waals surface area contributed by atoms with Crippen molar-refractivity contribution < 1.29 is 4.84 Å². The van der Waals surface area contributed by atoms with E-state index in [4.69, 9.17) is 10.6 Å². The molecule has 0 amide bonds. The highest BCUT2D eigenvalue weighted by molar-refractivity contribution is 5.51. The molecule has 0 radical (unpaired) electrons. The average Bonchev–Trinajstić information content (AvgIpc) is 2.85. The van der Waals surface area contributed by atoms with Crippen molar-refractivity contribution >= 4 is 5.69 Å². The van der Waals surface area contributed by atoms with E-state index in [9.17, 15) is 0 Å². The second-order valence-electron chi connectivity index (χ2n) is 9.45. The highest BCUT2D eigenvalue weighted by Gasteiger charge is 2.13. The van der Waals surface area contributed by atoms with Crippen LogP contribution in [0.15, 0.2) is 98.6 Å². The molecule has 3 nitrogen and oxygen atoms in total. The molecule has 3 aromatic carbocycles. The third-order valence-corrected chi connectivity index (χ3v) is 4.78. The molecule has 196 valence electrons. The molecule has 2 N–H and O–H groups in total. The van der Waals surface area contributed by atoms with Gasteiger partial charge in [0.05, 0.1) is 18.8 Å². The van der Waals surface area contributed by atoms with Gasteiger partial charge in [0.1, 0.15) is 0 Å². The lowest BCUT2D eigenvalue weighted by Crippen LogP contribution is -2.27. The topological polar surface area (TPSA) is 38.5 Å². The van der Waals surface area contributed by atoms with Gasteiger partial charge in [-0.3, -0.25) is 0 Å². The predicted octanol–water partition coefficient (Wildman–Crippen LogP) is 8.97. The molecule has 3 aromatic rings. The van der Waals surface area contributed by atoms with Crippen molar-refractivity contribution in [3.63, 3.8) is 0 Å². The van der Waals surface area contributed by atoms with Crippen LogP contribution in [0.3, 0.4) is 0 Å². The lowest BCUT2D eigenvalue weighted by atomic mass is 9.88. The van der Waals surface area contributed by atoms with Crippen LogP contribution < -0.4 is 10.6 Å². The van der Waals surface area contributed by atoms with E-state index >= 15 is 0 Å². The number of rotatable bonds is 7. The Morgan fingerprint density at radius 1 is 0.833 bits per heavy atom. The van der Waals surface area contributed by atoms with Crippen molar-refractivity contribution in [2.24, 2.45) is 5.41 Å². The molecule has 0 spiro atoms. The van der Waals surface area contributed by atoms with Gasteiger partial charge in [0, 0.05) is 0 Å². The highest BCUT2D eigenvalue weighted by atomic mass is 16.7. The van der Waals surface area contributed by atoms with Crippen LogP contribution in [0.2, 0.25) is 0 Å². The van der Waals surface area contributed by atoms with Crippen molar-refractivity contribution in [3.05, 3.63) is 121 Å². The molecule has 0 aliphatic heterocycles. The van der Waals surface area contributed by atoms with Gasteiger partial charge in [0.2, 0.25) is 0 Å². The summed E-state index contributed by atoms with van der Waals surface area (Å²) in [5.41, 5.74) is 12.1. The second kappa shape index (κ2) is 18.0. The smallest absolute Gasteiger partial charge is 0.170 e. The normalized spacial score (nSPS) is 10.0. The third-order valence-electron chi connectivity index (χ3n) is 4.78. The maximum Gasteiger partial charge on any atom is 0.170 e. The Bertz CT molecular complexity index is 966. The average molecular weight is 489 g/mol. The first-order valence-electron chi connectivity index (χ1n) is 12.7. The SMILES string of the molecule is C=C.C=CCN(Cc1cccc(CC(C)(C)C)c1)Oc1ccccc1N.CC.Cc1ccc(C)cc1. The van der Waals surface area contributed by atoms with Crippen LogP contribution in [0.5, 0.6) is 5.75 Å². The molecule has 36 heavy (non-hydrogen) atoms. The minimum Gasteiger partial charge on any atom is -0.403 e. The van der Waals surface area contributed by atoms with Gasteiger partial charge in [0.25, 0.3) is 0 Å². The highest BCUT2D eigenvalue weighted by Crippen LogP contribution is 2.23. The molecule has 0 aliphatic carbocycles. The van der Waals surface area contributed by atoms with E-state index in [2.05, 4.69) is 103 Å². The summed E-state index contributed by atoms with van der Waals surface area (Å²) in [6.45, 7) is 26.1. The molecular weight excluding hydrogens is 440 g/mol. The predicted molar refractivity (Wildman–Crippen MR) is 160 cm³/mol. The first-order chi connectivity index (χ1) is 17.2. The van der Waals surface area contributed by atoms with E-state index < -0.39 is 0 Å². The van der Waals surface area contributed by atoms with Crippen LogP contribution in [-0.2, 0) is 13.0 Å². The molecular formula is C33H48N2O. The summed E-state index contributed by atoms with van der Waals surface area (Å²) in [5.74, 6) is 0.671. The summed E-state index contributed by atoms with van der Waals surface area (Å²) < 4.78 is 0. The van der Waals surface area contributed by atoms with Gasteiger partial charge in [-0.05, 0) is 48.9 Å². The lowest BCUT2D eigenvalue weighted by Gasteiger charge is -2.23. The Labute approximate surface area is 221 Å². The molecule has 0 saturated heterocycles. The first-order valence-corrected chi connectivity index (χ1v) is 12.7. The monoisotopic (exact) mass is 488 g/mol. The largest absolute Gasteiger partial charge is 0.403 e. The minimum atomic E-state index is 0.272. The number of hydrogen-bond donors (Lipinski definition) is 1. The Morgan fingerprint density at radius 2 is 1.36 bits per heavy atom. The van der Waals surface area contributed by atoms with Crippen LogP contribution in [0.4, 0.5) is 5.69 Å². The van der Waals surface area contributed by atoms with Gasteiger partial charge in [0.15, 0.2) is 5.75 Å². The quantitative estimate of drug-likeness (QED) is 0.205. The van der Waals surface area contributed by atoms with Crippen LogP contribution >= 0.6 is 0 Å². The fraction of sp³-hybridized carbons (Fsp3) is 0.333. The van der Waals surface area contributed by atoms with Gasteiger partial charge >= 0.3 is 0 Å². The van der Waals surface area contributed by atoms with Crippen molar-refractivity contribution in [2.75, 3.05) is 12.3 Å². The summed E-state index contributed by atoms with van der Waals surface area (Å²) in [7, 11) is 0. The Hall–Kier alpha value is -3.30. The second-order valence-corrected chi connectivity index (χ2v) is 9.45. The molecule has 0 bridgehead atoms. The van der Waals surface area contributed by atoms with Crippen LogP contribution in [0, 0.1) is 19.3 Å². The van der Waals surface area contributed by atoms with Crippen molar-refractivity contribution in [1.29, 1.82) is 0 Å². The Kier molecular flexibility index (Phi) is 16.4. The number of aryl methyl sites for hydroxylation is 2. The van der Waals surface area contributed by atoms with E-state index in [1.165, 1.54) is 22.3 Å². The minimum absolute atomic E-state index is 0.272. The molecule has 0 atom stereocenters. The van der Waals surface area contributed by atoms with E-state index in [0.717, 1.165) is 6.42 Å². The lowest BCUT2D eigenvalue weighted by molar-refractivity contribution is -0.0553. The Morgan fingerprint density at radius 3 is 1.86 bits per heavy atom. The summed E-state index contributed by atoms with van der Waals surface area (Å²) in [6, 6.07) is 24.7. The van der Waals surface area contributed by atoms with Gasteiger partial charge in [-0.1, -0.05) is 112 Å². The molecule has 3 heteroatoms. The fourth-order valence-corrected chi connectivity index (χ4v) is 3.27. The number of hydrogen-bond acceptors (Lipinski definition) is 3. The number of anilines is 1. The third kappa shape index (κ3) is 14.2. The van der Waals surface area contributed by atoms with Gasteiger partial charge < -0.3 is 10.6 Å². The van der Waals surface area contributed by atoms with Crippen LogP contribution in [-0.4, -0.2) is 11.6 Å². The standard InChI is InChI=1S/C21H28N2O.C8H10.C2H6.C2H4/c1-5-13-23(24-20-12-7-6-11-19(20)22)16-18-10-8-9-17(14-18)15-21(2,3)4;1-7-3-5-8(2)6-4-7;2*1-2/h5-12,14H,1,13,15-16,22H2,2-4H3;3-6H,1-2H3;1-2H3;1-2H2. The zero-order valence-electron chi connectivity index (χ0n) is 23.7. The number of nitrogen functional groups attached to an aromatic ring is 1. The molecule has 0 fully saturated rings. The number of hydroxylamine groups is 2. The zero-order valence-corrected chi connectivity index (χ0v) is 23.7.